The van der Waals surface area contributed by atoms with Gasteiger partial charge >= 0.3 is 11.8 Å². The third kappa shape index (κ3) is 3.91. The zero-order valence-corrected chi connectivity index (χ0v) is 16.0. The fourth-order valence-electron chi connectivity index (χ4n) is 2.82. The average molecular weight is 384 g/mol. The molecule has 3 amide bonds. The van der Waals surface area contributed by atoms with Crippen LogP contribution in [-0.4, -0.2) is 41.4 Å². The van der Waals surface area contributed by atoms with Crippen molar-refractivity contribution in [2.45, 2.75) is 51.2 Å². The molecule has 0 aliphatic carbocycles. The second-order valence-corrected chi connectivity index (χ2v) is 7.36. The van der Waals surface area contributed by atoms with Gasteiger partial charge in [0.05, 0.1) is 31.2 Å². The Hall–Kier alpha value is -1.92. The van der Waals surface area contributed by atoms with Crippen molar-refractivity contribution in [1.29, 1.82) is 0 Å². The van der Waals surface area contributed by atoms with Crippen molar-refractivity contribution in [2.24, 2.45) is 0 Å². The van der Waals surface area contributed by atoms with Gasteiger partial charge in [0.15, 0.2) is 11.5 Å². The van der Waals surface area contributed by atoms with Crippen LogP contribution in [0.1, 0.15) is 38.8 Å². The van der Waals surface area contributed by atoms with E-state index in [1.54, 1.807) is 25.1 Å². The highest BCUT2D eigenvalue weighted by molar-refractivity contribution is 7.18. The molecule has 3 rings (SSSR count). The number of ether oxygens (including phenoxy) is 3. The first-order valence-corrected chi connectivity index (χ1v) is 8.98. The summed E-state index contributed by atoms with van der Waals surface area (Å²) in [5.41, 5.74) is 0.700. The largest absolute Gasteiger partial charge is 0.420 e. The number of hydrogen-bond donors (Lipinski definition) is 1. The molecular formula is C17H22FN2O5P. The normalized spacial score (nSPS) is 25.2. The molecule has 0 radical (unpaired) electrons. The van der Waals surface area contributed by atoms with Crippen LogP contribution in [0.4, 0.5) is 9.18 Å². The monoisotopic (exact) mass is 384 g/mol. The smallest absolute Gasteiger partial charge is 0.418 e. The lowest BCUT2D eigenvalue weighted by Crippen LogP contribution is -2.60. The Bertz CT molecular complexity index is 727. The number of nitrogens with one attached hydrogen (secondary N) is 1. The van der Waals surface area contributed by atoms with Crippen LogP contribution >= 0.6 is 9.24 Å². The van der Waals surface area contributed by atoms with Gasteiger partial charge in [-0.15, -0.1) is 0 Å². The minimum absolute atomic E-state index is 0.0301. The van der Waals surface area contributed by atoms with Gasteiger partial charge in [-0.1, -0.05) is 6.07 Å². The number of halogens is 1. The molecule has 2 heterocycles. The maximum absolute atomic E-state index is 13.7. The van der Waals surface area contributed by atoms with Crippen LogP contribution in [0.15, 0.2) is 18.2 Å². The number of rotatable bonds is 5. The minimum Gasteiger partial charge on any atom is -0.420 e. The molecule has 0 bridgehead atoms. The van der Waals surface area contributed by atoms with Gasteiger partial charge < -0.3 is 19.5 Å². The summed E-state index contributed by atoms with van der Waals surface area (Å²) in [5.74, 6) is -1.97. The quantitative estimate of drug-likeness (QED) is 0.624. The summed E-state index contributed by atoms with van der Waals surface area (Å²) in [7, 11) is 1.84. The maximum Gasteiger partial charge on any atom is 0.418 e. The maximum atomic E-state index is 13.7. The molecular weight excluding hydrogens is 362 g/mol. The summed E-state index contributed by atoms with van der Waals surface area (Å²) in [6, 6.07) is 3.75. The van der Waals surface area contributed by atoms with E-state index in [-0.39, 0.29) is 29.6 Å². The molecule has 7 nitrogen and oxygen atoms in total. The van der Waals surface area contributed by atoms with E-state index in [4.69, 9.17) is 14.2 Å². The number of imide groups is 1. The lowest BCUT2D eigenvalue weighted by Gasteiger charge is -2.39. The number of alkyl halides is 1. The van der Waals surface area contributed by atoms with E-state index in [0.29, 0.717) is 18.6 Å². The SMILES string of the molecule is CC(C)OCC1CC(=O)N1C(=O)NC(C)c1ccc2c(c1)OC(F)(P)O2. The molecule has 0 spiro atoms. The molecule has 1 aromatic carbocycles. The number of carbonyl (C=O) groups excluding carboxylic acids is 2. The number of urea groups is 1. The van der Waals surface area contributed by atoms with E-state index >= 15 is 0 Å². The van der Waals surface area contributed by atoms with Crippen molar-refractivity contribution in [3.05, 3.63) is 23.8 Å². The number of benzene rings is 1. The zero-order valence-electron chi connectivity index (χ0n) is 14.8. The molecule has 1 N–H and O–H groups in total. The van der Waals surface area contributed by atoms with Crippen molar-refractivity contribution < 1.29 is 28.2 Å². The first kappa shape index (κ1) is 18.9. The van der Waals surface area contributed by atoms with E-state index in [1.807, 2.05) is 23.1 Å². The van der Waals surface area contributed by atoms with Gasteiger partial charge in [0.25, 0.3) is 0 Å². The van der Waals surface area contributed by atoms with E-state index < -0.39 is 17.9 Å². The molecule has 2 aliphatic heterocycles. The second kappa shape index (κ2) is 7.00. The van der Waals surface area contributed by atoms with Crippen LogP contribution in [-0.2, 0) is 9.53 Å². The summed E-state index contributed by atoms with van der Waals surface area (Å²) in [4.78, 5) is 25.4. The number of likely N-dealkylation sites (tertiary alicyclic amines) is 1. The van der Waals surface area contributed by atoms with Crippen molar-refractivity contribution in [1.82, 2.24) is 10.2 Å². The van der Waals surface area contributed by atoms with Crippen LogP contribution in [0, 0.1) is 0 Å². The Labute approximate surface area is 153 Å². The van der Waals surface area contributed by atoms with Crippen molar-refractivity contribution >= 4 is 21.2 Å². The Kier molecular flexibility index (Phi) is 5.08. The van der Waals surface area contributed by atoms with Crippen LogP contribution in [0.3, 0.4) is 0 Å². The van der Waals surface area contributed by atoms with Crippen LogP contribution in [0.2, 0.25) is 0 Å². The Balaban J connectivity index is 1.62. The van der Waals surface area contributed by atoms with Crippen LogP contribution in [0.25, 0.3) is 0 Å². The van der Waals surface area contributed by atoms with Crippen LogP contribution in [0.5, 0.6) is 11.5 Å². The number of carbonyl (C=O) groups is 2. The van der Waals surface area contributed by atoms with E-state index in [9.17, 15) is 14.0 Å². The Morgan fingerprint density at radius 3 is 2.77 bits per heavy atom. The summed E-state index contributed by atoms with van der Waals surface area (Å²) in [6.45, 7) is 5.88. The second-order valence-electron chi connectivity index (χ2n) is 6.67. The van der Waals surface area contributed by atoms with Gasteiger partial charge in [0.1, 0.15) is 0 Å². The summed E-state index contributed by atoms with van der Waals surface area (Å²) >= 11 is 0. The lowest BCUT2D eigenvalue weighted by molar-refractivity contribution is -0.144. The Morgan fingerprint density at radius 2 is 2.12 bits per heavy atom. The first-order chi connectivity index (χ1) is 12.2. The zero-order chi connectivity index (χ0) is 19.1. The predicted octanol–water partition coefficient (Wildman–Crippen LogP) is 2.71. The summed E-state index contributed by atoms with van der Waals surface area (Å²) in [6.07, 6.45) is 0.327. The average Bonchev–Trinajstić information content (AvgIpc) is 2.83. The van der Waals surface area contributed by atoms with Gasteiger partial charge in [-0.3, -0.25) is 9.69 Å². The molecule has 26 heavy (non-hydrogen) atoms. The number of β-lactam (4-membered cyclic amide) rings is 1. The molecule has 0 saturated carbocycles. The fraction of sp³-hybridized carbons (Fsp3) is 0.529. The van der Waals surface area contributed by atoms with Gasteiger partial charge in [-0.2, -0.15) is 4.39 Å². The van der Waals surface area contributed by atoms with E-state index in [2.05, 4.69) is 5.32 Å². The van der Waals surface area contributed by atoms with Crippen molar-refractivity contribution in [3.8, 4) is 11.5 Å². The van der Waals surface area contributed by atoms with E-state index in [0.717, 1.165) is 0 Å². The highest BCUT2D eigenvalue weighted by atomic mass is 31.0. The summed E-state index contributed by atoms with van der Waals surface area (Å²) < 4.78 is 29.2. The van der Waals surface area contributed by atoms with Gasteiger partial charge in [0, 0.05) is 0 Å². The highest BCUT2D eigenvalue weighted by Crippen LogP contribution is 2.44. The van der Waals surface area contributed by atoms with Crippen molar-refractivity contribution in [3.63, 3.8) is 0 Å². The first-order valence-electron chi connectivity index (χ1n) is 8.40. The highest BCUT2D eigenvalue weighted by Gasteiger charge is 2.41. The van der Waals surface area contributed by atoms with Gasteiger partial charge in [-0.25, -0.2) is 4.79 Å². The molecule has 1 fully saturated rings. The molecule has 0 aromatic heterocycles. The third-order valence-electron chi connectivity index (χ3n) is 4.19. The minimum atomic E-state index is -2.28. The number of hydrogen-bond acceptors (Lipinski definition) is 5. The van der Waals surface area contributed by atoms with Gasteiger partial charge in [-0.05, 0) is 47.7 Å². The fourth-order valence-corrected chi connectivity index (χ4v) is 3.07. The molecule has 1 saturated heterocycles. The van der Waals surface area contributed by atoms with Crippen molar-refractivity contribution in [2.75, 3.05) is 6.61 Å². The molecule has 9 heteroatoms. The summed E-state index contributed by atoms with van der Waals surface area (Å²) in [5, 5.41) is 2.77. The van der Waals surface area contributed by atoms with Gasteiger partial charge in [0.2, 0.25) is 5.91 Å². The molecule has 2 aliphatic rings. The molecule has 142 valence electrons. The van der Waals surface area contributed by atoms with Crippen LogP contribution < -0.4 is 14.8 Å². The predicted molar refractivity (Wildman–Crippen MR) is 94.5 cm³/mol. The molecule has 4 atom stereocenters. The molecule has 1 aromatic rings. The van der Waals surface area contributed by atoms with E-state index in [1.165, 1.54) is 4.90 Å². The lowest BCUT2D eigenvalue weighted by atomic mass is 10.0. The standard InChI is InChI=1S/C17H22FN2O5P/c1-9(2)23-8-12-7-15(21)20(12)16(22)19-10(3)11-4-5-13-14(6-11)25-17(18,26)24-13/h4-6,9-10,12H,7-8,26H2,1-3H3,(H,19,22). The topological polar surface area (TPSA) is 77.1 Å². The molecule has 4 unspecified atom stereocenters. The number of amides is 3. The number of fused-ring (bicyclic) bond motifs is 1. The Morgan fingerprint density at radius 1 is 1.42 bits per heavy atom. The third-order valence-corrected chi connectivity index (χ3v) is 4.43. The number of nitrogens with zero attached hydrogens (tertiary/aromatic N) is 1.